The van der Waals surface area contributed by atoms with E-state index >= 15 is 0 Å². The second kappa shape index (κ2) is 6.60. The molecule has 0 saturated heterocycles. The van der Waals surface area contributed by atoms with Gasteiger partial charge in [-0.3, -0.25) is 4.79 Å². The van der Waals surface area contributed by atoms with E-state index in [9.17, 15) is 4.79 Å². The number of nitrogens with one attached hydrogen (secondary N) is 1. The number of amides is 1. The zero-order chi connectivity index (χ0) is 13.7. The van der Waals surface area contributed by atoms with Crippen molar-refractivity contribution in [3.05, 3.63) is 6.07 Å². The third-order valence-electron chi connectivity index (χ3n) is 3.05. The molecule has 0 aromatic carbocycles. The smallest absolute Gasteiger partial charge is 0.230 e. The fraction of sp³-hybridized carbons (Fsp3) is 0.583. The van der Waals surface area contributed by atoms with Gasteiger partial charge in [0.1, 0.15) is 11.6 Å². The van der Waals surface area contributed by atoms with Gasteiger partial charge in [0.05, 0.1) is 5.75 Å². The van der Waals surface area contributed by atoms with Crippen LogP contribution >= 0.6 is 11.8 Å². The Labute approximate surface area is 116 Å². The third-order valence-corrected chi connectivity index (χ3v) is 3.90. The summed E-state index contributed by atoms with van der Waals surface area (Å²) in [6.45, 7) is 0. The van der Waals surface area contributed by atoms with Crippen LogP contribution in [0.1, 0.15) is 32.1 Å². The molecule has 104 valence electrons. The molecule has 1 aromatic rings. The highest BCUT2D eigenvalue weighted by Crippen LogP contribution is 2.19. The fourth-order valence-electron chi connectivity index (χ4n) is 2.17. The van der Waals surface area contributed by atoms with Crippen molar-refractivity contribution in [1.29, 1.82) is 0 Å². The molecular weight excluding hydrogens is 262 g/mol. The molecule has 1 aliphatic carbocycles. The van der Waals surface area contributed by atoms with E-state index in [4.69, 9.17) is 11.5 Å². The minimum absolute atomic E-state index is 0.0153. The van der Waals surface area contributed by atoms with Crippen molar-refractivity contribution < 1.29 is 4.79 Å². The van der Waals surface area contributed by atoms with E-state index in [0.29, 0.717) is 28.6 Å². The van der Waals surface area contributed by atoms with Gasteiger partial charge < -0.3 is 16.8 Å². The van der Waals surface area contributed by atoms with Gasteiger partial charge in [0.2, 0.25) is 5.91 Å². The largest absolute Gasteiger partial charge is 0.383 e. The molecule has 0 radical (unpaired) electrons. The first-order chi connectivity index (χ1) is 9.13. The predicted molar refractivity (Wildman–Crippen MR) is 76.6 cm³/mol. The quantitative estimate of drug-likeness (QED) is 0.565. The normalized spacial score (nSPS) is 16.2. The molecule has 6 nitrogen and oxygen atoms in total. The number of nitrogens with two attached hydrogens (primary N) is 2. The van der Waals surface area contributed by atoms with Crippen LogP contribution in [0.25, 0.3) is 0 Å². The number of hydrogen-bond acceptors (Lipinski definition) is 6. The molecule has 0 atom stereocenters. The van der Waals surface area contributed by atoms with Gasteiger partial charge in [-0.2, -0.15) is 0 Å². The summed E-state index contributed by atoms with van der Waals surface area (Å²) in [6.07, 6.45) is 5.84. The Morgan fingerprint density at radius 3 is 2.53 bits per heavy atom. The Morgan fingerprint density at radius 1 is 1.26 bits per heavy atom. The van der Waals surface area contributed by atoms with Crippen LogP contribution in [0, 0.1) is 0 Å². The summed E-state index contributed by atoms with van der Waals surface area (Å²) < 4.78 is 0. The van der Waals surface area contributed by atoms with Crippen molar-refractivity contribution in [2.75, 3.05) is 17.2 Å². The fourth-order valence-corrected chi connectivity index (χ4v) is 2.86. The Hall–Kier alpha value is -1.50. The Kier molecular flexibility index (Phi) is 4.84. The predicted octanol–water partition coefficient (Wildman–Crippen LogP) is 1.18. The molecule has 19 heavy (non-hydrogen) atoms. The number of rotatable bonds is 4. The van der Waals surface area contributed by atoms with Gasteiger partial charge in [-0.15, -0.1) is 0 Å². The molecule has 0 bridgehead atoms. The molecule has 1 heterocycles. The molecule has 1 saturated carbocycles. The Morgan fingerprint density at radius 2 is 1.89 bits per heavy atom. The average Bonchev–Trinajstić information content (AvgIpc) is 2.36. The molecule has 5 N–H and O–H groups in total. The van der Waals surface area contributed by atoms with Crippen LogP contribution in [0.4, 0.5) is 11.6 Å². The number of aromatic nitrogens is 2. The van der Waals surface area contributed by atoms with Crippen molar-refractivity contribution >= 4 is 29.3 Å². The van der Waals surface area contributed by atoms with Crippen LogP contribution in [0.3, 0.4) is 0 Å². The number of thioether (sulfide) groups is 1. The maximum absolute atomic E-state index is 11.8. The average molecular weight is 281 g/mol. The van der Waals surface area contributed by atoms with Gasteiger partial charge in [0.15, 0.2) is 5.16 Å². The van der Waals surface area contributed by atoms with Crippen LogP contribution < -0.4 is 16.8 Å². The Balaban J connectivity index is 1.79. The van der Waals surface area contributed by atoms with Crippen molar-refractivity contribution in [3.8, 4) is 0 Å². The van der Waals surface area contributed by atoms with Gasteiger partial charge in [0, 0.05) is 12.1 Å². The number of nitrogens with zero attached hydrogens (tertiary/aromatic N) is 2. The van der Waals surface area contributed by atoms with Crippen LogP contribution in [0.5, 0.6) is 0 Å². The Bertz CT molecular complexity index is 427. The summed E-state index contributed by atoms with van der Waals surface area (Å²) in [4.78, 5) is 19.8. The molecule has 7 heteroatoms. The van der Waals surface area contributed by atoms with E-state index in [2.05, 4.69) is 15.3 Å². The van der Waals surface area contributed by atoms with E-state index in [0.717, 1.165) is 12.8 Å². The van der Waals surface area contributed by atoms with Crippen molar-refractivity contribution in [3.63, 3.8) is 0 Å². The van der Waals surface area contributed by atoms with Gasteiger partial charge in [-0.05, 0) is 12.8 Å². The molecule has 0 unspecified atom stereocenters. The monoisotopic (exact) mass is 281 g/mol. The van der Waals surface area contributed by atoms with Crippen molar-refractivity contribution in [2.24, 2.45) is 0 Å². The minimum Gasteiger partial charge on any atom is -0.383 e. The summed E-state index contributed by atoms with van der Waals surface area (Å²) in [5, 5.41) is 3.48. The zero-order valence-corrected chi connectivity index (χ0v) is 11.6. The lowest BCUT2D eigenvalue weighted by Crippen LogP contribution is -2.37. The van der Waals surface area contributed by atoms with Crippen LogP contribution in [-0.2, 0) is 4.79 Å². The number of carbonyl (C=O) groups excluding carboxylic acids is 1. The van der Waals surface area contributed by atoms with Gasteiger partial charge >= 0.3 is 0 Å². The summed E-state index contributed by atoms with van der Waals surface area (Å²) in [6, 6.07) is 1.82. The highest BCUT2D eigenvalue weighted by Gasteiger charge is 2.16. The molecule has 1 aromatic heterocycles. The number of hydrogen-bond donors (Lipinski definition) is 3. The molecule has 1 fully saturated rings. The molecule has 1 amide bonds. The van der Waals surface area contributed by atoms with E-state index in [1.807, 2.05) is 0 Å². The molecular formula is C12H19N5OS. The zero-order valence-electron chi connectivity index (χ0n) is 10.8. The van der Waals surface area contributed by atoms with Gasteiger partial charge in [0.25, 0.3) is 0 Å². The van der Waals surface area contributed by atoms with E-state index in [1.54, 1.807) is 0 Å². The molecule has 1 aliphatic rings. The van der Waals surface area contributed by atoms with Crippen LogP contribution in [0.2, 0.25) is 0 Å². The topological polar surface area (TPSA) is 107 Å². The first-order valence-corrected chi connectivity index (χ1v) is 7.44. The number of carbonyl (C=O) groups is 1. The summed E-state index contributed by atoms with van der Waals surface area (Å²) in [7, 11) is 0. The van der Waals surface area contributed by atoms with Crippen molar-refractivity contribution in [2.45, 2.75) is 43.3 Å². The molecule has 0 spiro atoms. The summed E-state index contributed by atoms with van der Waals surface area (Å²) in [5.74, 6) is 0.950. The highest BCUT2D eigenvalue weighted by molar-refractivity contribution is 7.99. The van der Waals surface area contributed by atoms with Crippen LogP contribution in [-0.4, -0.2) is 27.7 Å². The second-order valence-electron chi connectivity index (χ2n) is 4.69. The lowest BCUT2D eigenvalue weighted by atomic mass is 9.95. The maximum Gasteiger partial charge on any atom is 0.230 e. The van der Waals surface area contributed by atoms with Crippen molar-refractivity contribution in [1.82, 2.24) is 15.3 Å². The minimum atomic E-state index is 0.0153. The van der Waals surface area contributed by atoms with E-state index < -0.39 is 0 Å². The first kappa shape index (κ1) is 13.9. The van der Waals surface area contributed by atoms with Crippen LogP contribution in [0.15, 0.2) is 11.2 Å². The standard InChI is InChI=1S/C12H19N5OS/c13-9-6-10(14)17-12(16-9)19-7-11(18)15-8-4-2-1-3-5-8/h6,8H,1-5,7H2,(H,15,18)(H4,13,14,16,17). The van der Waals surface area contributed by atoms with Gasteiger partial charge in [-0.1, -0.05) is 31.0 Å². The number of anilines is 2. The van der Waals surface area contributed by atoms with Gasteiger partial charge in [-0.25, -0.2) is 9.97 Å². The third kappa shape index (κ3) is 4.59. The van der Waals surface area contributed by atoms with E-state index in [1.165, 1.54) is 37.1 Å². The molecule has 0 aliphatic heterocycles. The maximum atomic E-state index is 11.8. The highest BCUT2D eigenvalue weighted by atomic mass is 32.2. The van der Waals surface area contributed by atoms with E-state index in [-0.39, 0.29) is 5.91 Å². The SMILES string of the molecule is Nc1cc(N)nc(SCC(=O)NC2CCCCC2)n1. The lowest BCUT2D eigenvalue weighted by molar-refractivity contribution is -0.119. The molecule has 2 rings (SSSR count). The first-order valence-electron chi connectivity index (χ1n) is 6.45. The summed E-state index contributed by atoms with van der Waals surface area (Å²) in [5.41, 5.74) is 11.1. The second-order valence-corrected chi connectivity index (χ2v) is 5.63. The summed E-state index contributed by atoms with van der Waals surface area (Å²) >= 11 is 1.25. The number of nitrogen functional groups attached to an aromatic ring is 2. The lowest BCUT2D eigenvalue weighted by Gasteiger charge is -2.22.